The number of terminal acetylenes is 1. The molecule has 15 heavy (non-hydrogen) atoms. The second-order valence-corrected chi connectivity index (χ2v) is 4.53. The first kappa shape index (κ1) is 12.5. The van der Waals surface area contributed by atoms with Gasteiger partial charge in [-0.3, -0.25) is 4.90 Å². The van der Waals surface area contributed by atoms with E-state index in [1.165, 1.54) is 12.8 Å². The van der Waals surface area contributed by atoms with E-state index in [1.807, 2.05) is 0 Å². The lowest BCUT2D eigenvalue weighted by Gasteiger charge is -2.41. The third-order valence-corrected chi connectivity index (χ3v) is 3.32. The molecule has 0 radical (unpaired) electrons. The number of hydrogen-bond acceptors (Lipinski definition) is 2. The summed E-state index contributed by atoms with van der Waals surface area (Å²) in [5, 5.41) is 3.59. The first-order chi connectivity index (χ1) is 7.22. The second-order valence-electron chi connectivity index (χ2n) is 4.53. The molecule has 3 unspecified atom stereocenters. The minimum atomic E-state index is 0.321. The van der Waals surface area contributed by atoms with Gasteiger partial charge in [0.05, 0.1) is 6.04 Å². The second kappa shape index (κ2) is 6.15. The number of nitrogens with one attached hydrogen (secondary N) is 1. The van der Waals surface area contributed by atoms with Crippen molar-refractivity contribution in [3.05, 3.63) is 0 Å². The molecule has 1 fully saturated rings. The average molecular weight is 208 g/mol. The highest BCUT2D eigenvalue weighted by molar-refractivity contribution is 5.02. The van der Waals surface area contributed by atoms with Crippen molar-refractivity contribution in [1.82, 2.24) is 10.2 Å². The van der Waals surface area contributed by atoms with Gasteiger partial charge >= 0.3 is 0 Å². The van der Waals surface area contributed by atoms with Gasteiger partial charge in [0, 0.05) is 25.2 Å². The van der Waals surface area contributed by atoms with Crippen molar-refractivity contribution in [1.29, 1.82) is 0 Å². The fourth-order valence-corrected chi connectivity index (χ4v) is 2.38. The molecule has 0 spiro atoms. The maximum absolute atomic E-state index is 5.58. The largest absolute Gasteiger partial charge is 0.311 e. The SMILES string of the molecule is C#CC(CC)N1CC(CCC)NCC1C. The molecule has 2 nitrogen and oxygen atoms in total. The molecule has 0 aliphatic carbocycles. The molecular formula is C13H24N2. The van der Waals surface area contributed by atoms with Gasteiger partial charge in [-0.1, -0.05) is 26.2 Å². The molecule has 0 bridgehead atoms. The third kappa shape index (κ3) is 3.22. The Morgan fingerprint density at radius 3 is 2.80 bits per heavy atom. The van der Waals surface area contributed by atoms with Crippen LogP contribution in [-0.2, 0) is 0 Å². The lowest BCUT2D eigenvalue weighted by atomic mass is 10.0. The molecule has 3 atom stereocenters. The van der Waals surface area contributed by atoms with Crippen LogP contribution in [0.1, 0.15) is 40.0 Å². The topological polar surface area (TPSA) is 15.3 Å². The van der Waals surface area contributed by atoms with E-state index in [0.717, 1.165) is 19.5 Å². The highest BCUT2D eigenvalue weighted by Crippen LogP contribution is 2.15. The van der Waals surface area contributed by atoms with Crippen molar-refractivity contribution in [3.8, 4) is 12.3 Å². The van der Waals surface area contributed by atoms with Crippen LogP contribution in [0.4, 0.5) is 0 Å². The molecule has 0 aromatic rings. The van der Waals surface area contributed by atoms with Crippen LogP contribution in [0.5, 0.6) is 0 Å². The number of piperazine rings is 1. The number of rotatable bonds is 4. The van der Waals surface area contributed by atoms with Crippen molar-refractivity contribution in [3.63, 3.8) is 0 Å². The summed E-state index contributed by atoms with van der Waals surface area (Å²) in [5.41, 5.74) is 0. The van der Waals surface area contributed by atoms with Gasteiger partial charge in [-0.25, -0.2) is 0 Å². The van der Waals surface area contributed by atoms with Crippen molar-refractivity contribution in [2.45, 2.75) is 58.2 Å². The van der Waals surface area contributed by atoms with Gasteiger partial charge in [0.1, 0.15) is 0 Å². The van der Waals surface area contributed by atoms with E-state index < -0.39 is 0 Å². The zero-order valence-electron chi connectivity index (χ0n) is 10.3. The minimum Gasteiger partial charge on any atom is -0.311 e. The summed E-state index contributed by atoms with van der Waals surface area (Å²) in [4.78, 5) is 2.48. The minimum absolute atomic E-state index is 0.321. The highest BCUT2D eigenvalue weighted by atomic mass is 15.2. The summed E-state index contributed by atoms with van der Waals surface area (Å²) >= 11 is 0. The standard InChI is InChI=1S/C13H24N2/c1-5-8-12-10-15(11(4)9-14-12)13(6-2)7-3/h2,11-14H,5,7-10H2,1,3-4H3. The molecule has 0 aromatic heterocycles. The summed E-state index contributed by atoms with van der Waals surface area (Å²) in [6, 6.07) is 1.52. The molecule has 0 aromatic carbocycles. The summed E-state index contributed by atoms with van der Waals surface area (Å²) in [6.45, 7) is 8.85. The van der Waals surface area contributed by atoms with Crippen LogP contribution < -0.4 is 5.32 Å². The molecule has 0 amide bonds. The van der Waals surface area contributed by atoms with Gasteiger partial charge in [-0.15, -0.1) is 6.42 Å². The van der Waals surface area contributed by atoms with Gasteiger partial charge in [0.15, 0.2) is 0 Å². The van der Waals surface area contributed by atoms with Crippen LogP contribution in [0.15, 0.2) is 0 Å². The van der Waals surface area contributed by atoms with Gasteiger partial charge in [-0.05, 0) is 19.8 Å². The van der Waals surface area contributed by atoms with E-state index >= 15 is 0 Å². The zero-order chi connectivity index (χ0) is 11.3. The smallest absolute Gasteiger partial charge is 0.0712 e. The molecule has 0 saturated carbocycles. The van der Waals surface area contributed by atoms with Gasteiger partial charge in [0.25, 0.3) is 0 Å². The maximum Gasteiger partial charge on any atom is 0.0712 e. The fraction of sp³-hybridized carbons (Fsp3) is 0.846. The first-order valence-corrected chi connectivity index (χ1v) is 6.18. The molecule has 1 rings (SSSR count). The van der Waals surface area contributed by atoms with Crippen LogP contribution in [0.25, 0.3) is 0 Å². The normalized spacial score (nSPS) is 29.7. The van der Waals surface area contributed by atoms with Crippen molar-refractivity contribution in [2.24, 2.45) is 0 Å². The summed E-state index contributed by atoms with van der Waals surface area (Å²) in [5.74, 6) is 2.91. The molecular weight excluding hydrogens is 184 g/mol. The van der Waals surface area contributed by atoms with Crippen molar-refractivity contribution in [2.75, 3.05) is 13.1 Å². The highest BCUT2D eigenvalue weighted by Gasteiger charge is 2.28. The van der Waals surface area contributed by atoms with E-state index in [0.29, 0.717) is 18.1 Å². The third-order valence-electron chi connectivity index (χ3n) is 3.32. The Bertz CT molecular complexity index is 219. The van der Waals surface area contributed by atoms with Crippen LogP contribution in [0, 0.1) is 12.3 Å². The van der Waals surface area contributed by atoms with Crippen LogP contribution in [-0.4, -0.2) is 36.1 Å². The Hall–Kier alpha value is -0.520. The molecule has 2 heteroatoms. The Morgan fingerprint density at radius 2 is 2.27 bits per heavy atom. The molecule has 1 aliphatic rings. The monoisotopic (exact) mass is 208 g/mol. The van der Waals surface area contributed by atoms with E-state index in [1.54, 1.807) is 0 Å². The van der Waals surface area contributed by atoms with Crippen molar-refractivity contribution < 1.29 is 0 Å². The lowest BCUT2D eigenvalue weighted by Crippen LogP contribution is -2.58. The van der Waals surface area contributed by atoms with Gasteiger partial charge in [-0.2, -0.15) is 0 Å². The molecule has 1 heterocycles. The Balaban J connectivity index is 2.56. The van der Waals surface area contributed by atoms with E-state index in [4.69, 9.17) is 6.42 Å². The summed E-state index contributed by atoms with van der Waals surface area (Å²) in [7, 11) is 0. The first-order valence-electron chi connectivity index (χ1n) is 6.18. The molecule has 86 valence electrons. The van der Waals surface area contributed by atoms with Gasteiger partial charge in [0.2, 0.25) is 0 Å². The lowest BCUT2D eigenvalue weighted by molar-refractivity contribution is 0.110. The summed E-state index contributed by atoms with van der Waals surface area (Å²) in [6.07, 6.45) is 9.14. The maximum atomic E-state index is 5.58. The quantitative estimate of drug-likeness (QED) is 0.709. The Morgan fingerprint density at radius 1 is 1.53 bits per heavy atom. The Kier molecular flexibility index (Phi) is 5.14. The molecule has 1 aliphatic heterocycles. The van der Waals surface area contributed by atoms with E-state index in [2.05, 4.69) is 36.9 Å². The van der Waals surface area contributed by atoms with Crippen LogP contribution >= 0.6 is 0 Å². The zero-order valence-corrected chi connectivity index (χ0v) is 10.3. The van der Waals surface area contributed by atoms with Crippen LogP contribution in [0.2, 0.25) is 0 Å². The van der Waals surface area contributed by atoms with Crippen molar-refractivity contribution >= 4 is 0 Å². The van der Waals surface area contributed by atoms with E-state index in [9.17, 15) is 0 Å². The predicted octanol–water partition coefficient (Wildman–Crippen LogP) is 1.86. The Labute approximate surface area is 94.4 Å². The predicted molar refractivity (Wildman–Crippen MR) is 65.8 cm³/mol. The van der Waals surface area contributed by atoms with Gasteiger partial charge < -0.3 is 5.32 Å². The van der Waals surface area contributed by atoms with E-state index in [-0.39, 0.29) is 0 Å². The van der Waals surface area contributed by atoms with Crippen LogP contribution in [0.3, 0.4) is 0 Å². The number of hydrogen-bond donors (Lipinski definition) is 1. The average Bonchev–Trinajstić information content (AvgIpc) is 2.24. The molecule has 1 saturated heterocycles. The molecule has 1 N–H and O–H groups in total. The number of nitrogens with zero attached hydrogens (tertiary/aromatic N) is 1. The summed E-state index contributed by atoms with van der Waals surface area (Å²) < 4.78 is 0. The fourth-order valence-electron chi connectivity index (χ4n) is 2.38.